The number of hydrogen-bond acceptors (Lipinski definition) is 4. The van der Waals surface area contributed by atoms with Crippen LogP contribution in [0.3, 0.4) is 0 Å². The van der Waals surface area contributed by atoms with Gasteiger partial charge in [-0.3, -0.25) is 10.1 Å². The van der Waals surface area contributed by atoms with Crippen molar-refractivity contribution in [2.75, 3.05) is 7.11 Å². The van der Waals surface area contributed by atoms with E-state index in [0.29, 0.717) is 22.4 Å². The number of nitriles is 1. The SMILES string of the molecule is COc1cccc(/C(C#N)=C\c2cccc([N+](=O)[O-])c2)c1. The van der Waals surface area contributed by atoms with E-state index >= 15 is 0 Å². The third-order valence-corrected chi connectivity index (χ3v) is 2.89. The predicted octanol–water partition coefficient (Wildman–Crippen LogP) is 3.67. The first kappa shape index (κ1) is 14.3. The van der Waals surface area contributed by atoms with Crippen LogP contribution in [-0.2, 0) is 0 Å². The summed E-state index contributed by atoms with van der Waals surface area (Å²) in [5.74, 6) is 0.646. The van der Waals surface area contributed by atoms with Gasteiger partial charge in [0.15, 0.2) is 0 Å². The number of nitro benzene ring substituents is 1. The third kappa shape index (κ3) is 3.45. The molecule has 0 radical (unpaired) electrons. The lowest BCUT2D eigenvalue weighted by atomic mass is 10.0. The minimum atomic E-state index is -0.463. The van der Waals surface area contributed by atoms with Crippen LogP contribution in [0.4, 0.5) is 5.69 Å². The number of benzene rings is 2. The van der Waals surface area contributed by atoms with Crippen LogP contribution in [0.15, 0.2) is 48.5 Å². The Balaban J connectivity index is 2.43. The molecule has 21 heavy (non-hydrogen) atoms. The number of allylic oxidation sites excluding steroid dienone is 1. The average Bonchev–Trinajstić information content (AvgIpc) is 2.53. The summed E-state index contributed by atoms with van der Waals surface area (Å²) in [7, 11) is 1.55. The van der Waals surface area contributed by atoms with E-state index in [9.17, 15) is 15.4 Å². The van der Waals surface area contributed by atoms with Crippen LogP contribution in [0.2, 0.25) is 0 Å². The number of rotatable bonds is 4. The van der Waals surface area contributed by atoms with Crippen molar-refractivity contribution in [1.82, 2.24) is 0 Å². The van der Waals surface area contributed by atoms with Gasteiger partial charge in [-0.1, -0.05) is 24.3 Å². The second-order valence-corrected chi connectivity index (χ2v) is 4.25. The molecule has 0 aliphatic rings. The highest BCUT2D eigenvalue weighted by molar-refractivity contribution is 5.90. The van der Waals surface area contributed by atoms with Crippen molar-refractivity contribution in [2.24, 2.45) is 0 Å². The number of hydrogen-bond donors (Lipinski definition) is 0. The Bertz CT molecular complexity index is 745. The maximum atomic E-state index is 10.8. The lowest BCUT2D eigenvalue weighted by Gasteiger charge is -2.03. The maximum absolute atomic E-state index is 10.8. The fourth-order valence-electron chi connectivity index (χ4n) is 1.87. The largest absolute Gasteiger partial charge is 0.497 e. The Labute approximate surface area is 121 Å². The lowest BCUT2D eigenvalue weighted by molar-refractivity contribution is -0.384. The van der Waals surface area contributed by atoms with Crippen LogP contribution < -0.4 is 4.74 Å². The summed E-state index contributed by atoms with van der Waals surface area (Å²) in [5, 5.41) is 20.1. The highest BCUT2D eigenvalue weighted by atomic mass is 16.6. The average molecular weight is 280 g/mol. The van der Waals surface area contributed by atoms with Gasteiger partial charge in [-0.25, -0.2) is 0 Å². The molecule has 0 saturated carbocycles. The number of nitro groups is 1. The van der Waals surface area contributed by atoms with E-state index in [1.165, 1.54) is 12.1 Å². The molecule has 0 atom stereocenters. The zero-order valence-electron chi connectivity index (χ0n) is 11.3. The topological polar surface area (TPSA) is 76.2 Å². The first-order valence-corrected chi connectivity index (χ1v) is 6.14. The smallest absolute Gasteiger partial charge is 0.270 e. The molecule has 0 spiro atoms. The van der Waals surface area contributed by atoms with Gasteiger partial charge in [0, 0.05) is 12.1 Å². The molecule has 0 aromatic heterocycles. The van der Waals surface area contributed by atoms with Gasteiger partial charge >= 0.3 is 0 Å². The van der Waals surface area contributed by atoms with Crippen molar-refractivity contribution in [3.63, 3.8) is 0 Å². The van der Waals surface area contributed by atoms with Gasteiger partial charge < -0.3 is 4.74 Å². The standard InChI is InChI=1S/C16H12N2O3/c1-21-16-7-3-5-13(10-16)14(11-17)8-12-4-2-6-15(9-12)18(19)20/h2-10H,1H3/b14-8-. The van der Waals surface area contributed by atoms with E-state index in [-0.39, 0.29) is 5.69 Å². The predicted molar refractivity (Wildman–Crippen MR) is 79.6 cm³/mol. The van der Waals surface area contributed by atoms with Crippen molar-refractivity contribution in [2.45, 2.75) is 0 Å². The number of non-ortho nitro benzene ring substituents is 1. The molecule has 0 bridgehead atoms. The fraction of sp³-hybridized carbons (Fsp3) is 0.0625. The van der Waals surface area contributed by atoms with Crippen molar-refractivity contribution in [3.8, 4) is 11.8 Å². The fourth-order valence-corrected chi connectivity index (χ4v) is 1.87. The van der Waals surface area contributed by atoms with E-state index in [1.807, 2.05) is 0 Å². The third-order valence-electron chi connectivity index (χ3n) is 2.89. The lowest BCUT2D eigenvalue weighted by Crippen LogP contribution is -1.89. The van der Waals surface area contributed by atoms with Crippen molar-refractivity contribution in [1.29, 1.82) is 5.26 Å². The maximum Gasteiger partial charge on any atom is 0.270 e. The molecule has 104 valence electrons. The Morgan fingerprint density at radius 3 is 2.71 bits per heavy atom. The zero-order valence-corrected chi connectivity index (χ0v) is 11.3. The Hall–Kier alpha value is -3.13. The minimum Gasteiger partial charge on any atom is -0.497 e. The molecular weight excluding hydrogens is 268 g/mol. The van der Waals surface area contributed by atoms with E-state index in [2.05, 4.69) is 6.07 Å². The quantitative estimate of drug-likeness (QED) is 0.370. The summed E-state index contributed by atoms with van der Waals surface area (Å²) >= 11 is 0. The summed E-state index contributed by atoms with van der Waals surface area (Å²) in [5.41, 5.74) is 1.70. The molecule has 0 aliphatic carbocycles. The molecule has 0 unspecified atom stereocenters. The van der Waals surface area contributed by atoms with Gasteiger partial charge in [-0.05, 0) is 29.3 Å². The summed E-state index contributed by atoms with van der Waals surface area (Å²) in [6.45, 7) is 0. The summed E-state index contributed by atoms with van der Waals surface area (Å²) in [6, 6.07) is 15.3. The molecule has 0 fully saturated rings. The van der Waals surface area contributed by atoms with Crippen LogP contribution in [-0.4, -0.2) is 12.0 Å². The minimum absolute atomic E-state index is 0.00770. The van der Waals surface area contributed by atoms with Gasteiger partial charge in [-0.15, -0.1) is 0 Å². The molecule has 2 rings (SSSR count). The number of methoxy groups -OCH3 is 1. The normalized spacial score (nSPS) is 10.8. The molecule has 5 nitrogen and oxygen atoms in total. The molecular formula is C16H12N2O3. The Morgan fingerprint density at radius 2 is 2.05 bits per heavy atom. The summed E-state index contributed by atoms with van der Waals surface area (Å²) < 4.78 is 5.12. The Kier molecular flexibility index (Phi) is 4.32. The highest BCUT2D eigenvalue weighted by Gasteiger charge is 2.07. The number of ether oxygens (including phenoxy) is 1. The van der Waals surface area contributed by atoms with Gasteiger partial charge in [-0.2, -0.15) is 5.26 Å². The molecule has 5 heteroatoms. The van der Waals surface area contributed by atoms with Gasteiger partial charge in [0.2, 0.25) is 0 Å². The number of nitrogens with zero attached hydrogens (tertiary/aromatic N) is 2. The van der Waals surface area contributed by atoms with E-state index in [0.717, 1.165) is 0 Å². The molecule has 0 aliphatic heterocycles. The molecule has 0 saturated heterocycles. The van der Waals surface area contributed by atoms with E-state index in [1.54, 1.807) is 49.6 Å². The van der Waals surface area contributed by atoms with Crippen LogP contribution in [0.5, 0.6) is 5.75 Å². The van der Waals surface area contributed by atoms with Crippen LogP contribution in [0.1, 0.15) is 11.1 Å². The van der Waals surface area contributed by atoms with Crippen molar-refractivity contribution >= 4 is 17.3 Å². The zero-order chi connectivity index (χ0) is 15.2. The van der Waals surface area contributed by atoms with E-state index < -0.39 is 4.92 Å². The second kappa shape index (κ2) is 6.35. The molecule has 0 N–H and O–H groups in total. The van der Waals surface area contributed by atoms with Gasteiger partial charge in [0.05, 0.1) is 23.7 Å². The summed E-state index contributed by atoms with van der Waals surface area (Å²) in [4.78, 5) is 10.3. The first-order valence-electron chi connectivity index (χ1n) is 6.14. The van der Waals surface area contributed by atoms with Crippen LogP contribution >= 0.6 is 0 Å². The van der Waals surface area contributed by atoms with Gasteiger partial charge in [0.1, 0.15) is 5.75 Å². The summed E-state index contributed by atoms with van der Waals surface area (Å²) in [6.07, 6.45) is 1.61. The van der Waals surface area contributed by atoms with Crippen molar-refractivity contribution in [3.05, 3.63) is 69.8 Å². The van der Waals surface area contributed by atoms with E-state index in [4.69, 9.17) is 4.74 Å². The Morgan fingerprint density at radius 1 is 1.29 bits per heavy atom. The van der Waals surface area contributed by atoms with Crippen LogP contribution in [0.25, 0.3) is 11.6 Å². The monoisotopic (exact) mass is 280 g/mol. The molecule has 2 aromatic carbocycles. The first-order chi connectivity index (χ1) is 10.1. The second-order valence-electron chi connectivity index (χ2n) is 4.25. The van der Waals surface area contributed by atoms with Crippen LogP contribution in [0, 0.1) is 21.4 Å². The molecule has 0 heterocycles. The molecule has 2 aromatic rings. The van der Waals surface area contributed by atoms with Crippen molar-refractivity contribution < 1.29 is 9.66 Å². The molecule has 0 amide bonds. The highest BCUT2D eigenvalue weighted by Crippen LogP contribution is 2.23. The van der Waals surface area contributed by atoms with Gasteiger partial charge in [0.25, 0.3) is 5.69 Å².